The van der Waals surface area contributed by atoms with E-state index in [4.69, 9.17) is 15.7 Å². The van der Waals surface area contributed by atoms with Crippen molar-refractivity contribution in [2.24, 2.45) is 5.41 Å². The normalized spacial score (nSPS) is 10.8. The summed E-state index contributed by atoms with van der Waals surface area (Å²) in [5.74, 6) is -0.285. The molecule has 102 valence electrons. The number of hydrogen-bond acceptors (Lipinski definition) is 4. The topological polar surface area (TPSA) is 76.1 Å². The minimum Gasteiger partial charge on any atom is -0.465 e. The van der Waals surface area contributed by atoms with E-state index < -0.39 is 0 Å². The molecule has 2 N–H and O–H groups in total. The Morgan fingerprint density at radius 3 is 2.74 bits per heavy atom. The quantitative estimate of drug-likeness (QED) is 0.484. The van der Waals surface area contributed by atoms with Crippen LogP contribution in [0.3, 0.4) is 0 Å². The van der Waals surface area contributed by atoms with Crippen LogP contribution in [-0.4, -0.2) is 12.6 Å². The van der Waals surface area contributed by atoms with Gasteiger partial charge in [-0.15, -0.1) is 0 Å². The Morgan fingerprint density at radius 1 is 1.42 bits per heavy atom. The fourth-order valence-corrected chi connectivity index (χ4v) is 1.66. The maximum absolute atomic E-state index is 11.6. The number of para-hydroxylation sites is 1. The van der Waals surface area contributed by atoms with Gasteiger partial charge < -0.3 is 10.5 Å². The third kappa shape index (κ3) is 5.43. The van der Waals surface area contributed by atoms with Crippen molar-refractivity contribution in [2.45, 2.75) is 33.1 Å². The summed E-state index contributed by atoms with van der Waals surface area (Å²) in [5, 5.41) is 8.86. The number of carbonyl (C=O) groups excluding carboxylic acids is 1. The first-order valence-corrected chi connectivity index (χ1v) is 6.35. The van der Waals surface area contributed by atoms with E-state index in [-0.39, 0.29) is 17.8 Å². The molecule has 0 saturated carbocycles. The molecule has 0 bridgehead atoms. The number of hydrogen-bond donors (Lipinski definition) is 1. The fraction of sp³-hybridized carbons (Fsp3) is 0.467. The van der Waals surface area contributed by atoms with Gasteiger partial charge in [0.15, 0.2) is 0 Å². The van der Waals surface area contributed by atoms with E-state index in [2.05, 4.69) is 6.07 Å². The van der Waals surface area contributed by atoms with E-state index in [0.29, 0.717) is 25.1 Å². The predicted octanol–water partition coefficient (Wildman–Crippen LogP) is 2.68. The molecular formula is C15H20N2O2. The summed E-state index contributed by atoms with van der Waals surface area (Å²) in [6.07, 6.45) is 1.59. The van der Waals surface area contributed by atoms with E-state index in [0.717, 1.165) is 5.56 Å². The molecule has 0 fully saturated rings. The van der Waals surface area contributed by atoms with Crippen molar-refractivity contribution in [3.63, 3.8) is 0 Å². The smallest absolute Gasteiger partial charge is 0.310 e. The lowest BCUT2D eigenvalue weighted by Gasteiger charge is -2.14. The highest BCUT2D eigenvalue weighted by Crippen LogP contribution is 2.20. The maximum Gasteiger partial charge on any atom is 0.310 e. The van der Waals surface area contributed by atoms with E-state index in [9.17, 15) is 4.79 Å². The summed E-state index contributed by atoms with van der Waals surface area (Å²) in [6, 6.07) is 9.47. The Morgan fingerprint density at radius 2 is 2.11 bits per heavy atom. The van der Waals surface area contributed by atoms with Crippen molar-refractivity contribution in [1.82, 2.24) is 0 Å². The van der Waals surface area contributed by atoms with Crippen LogP contribution in [0.15, 0.2) is 24.3 Å². The molecule has 0 saturated heterocycles. The molecule has 0 aliphatic heterocycles. The number of nitrogens with two attached hydrogens (primary N) is 1. The van der Waals surface area contributed by atoms with Gasteiger partial charge in [0.05, 0.1) is 24.5 Å². The maximum atomic E-state index is 11.6. The first-order chi connectivity index (χ1) is 8.94. The predicted molar refractivity (Wildman–Crippen MR) is 74.1 cm³/mol. The van der Waals surface area contributed by atoms with E-state index >= 15 is 0 Å². The van der Waals surface area contributed by atoms with Crippen molar-refractivity contribution < 1.29 is 9.53 Å². The van der Waals surface area contributed by atoms with Crippen LogP contribution in [0, 0.1) is 16.7 Å². The van der Waals surface area contributed by atoms with E-state index in [1.54, 1.807) is 6.07 Å². The Bertz CT molecular complexity index is 475. The highest BCUT2D eigenvalue weighted by molar-refractivity contribution is 5.74. The van der Waals surface area contributed by atoms with Crippen molar-refractivity contribution in [1.29, 1.82) is 5.26 Å². The van der Waals surface area contributed by atoms with Crippen LogP contribution >= 0.6 is 0 Å². The van der Waals surface area contributed by atoms with Crippen LogP contribution in [-0.2, 0) is 16.0 Å². The van der Waals surface area contributed by atoms with Gasteiger partial charge in [-0.05, 0) is 38.3 Å². The molecule has 19 heavy (non-hydrogen) atoms. The van der Waals surface area contributed by atoms with Crippen LogP contribution in [0.5, 0.6) is 0 Å². The molecule has 0 aliphatic carbocycles. The number of nitrogen functional groups attached to an aromatic ring is 1. The summed E-state index contributed by atoms with van der Waals surface area (Å²) in [7, 11) is 0. The van der Waals surface area contributed by atoms with Gasteiger partial charge in [0, 0.05) is 5.69 Å². The summed E-state index contributed by atoms with van der Waals surface area (Å²) in [5.41, 5.74) is 6.77. The number of esters is 1. The fourth-order valence-electron chi connectivity index (χ4n) is 1.66. The molecule has 1 aromatic carbocycles. The molecule has 4 nitrogen and oxygen atoms in total. The van der Waals surface area contributed by atoms with Crippen molar-refractivity contribution in [2.75, 3.05) is 12.3 Å². The van der Waals surface area contributed by atoms with Gasteiger partial charge in [-0.2, -0.15) is 5.26 Å². The van der Waals surface area contributed by atoms with Gasteiger partial charge in [0.1, 0.15) is 0 Å². The second kappa shape index (κ2) is 6.79. The third-order valence-electron chi connectivity index (χ3n) is 2.90. The lowest BCUT2D eigenvalue weighted by atomic mass is 9.90. The Balaban J connectivity index is 2.30. The number of benzene rings is 1. The number of ether oxygens (including phenoxy) is 1. The number of anilines is 1. The van der Waals surface area contributed by atoms with Gasteiger partial charge in [-0.3, -0.25) is 4.79 Å². The molecule has 0 heterocycles. The molecule has 1 rings (SSSR count). The van der Waals surface area contributed by atoms with Gasteiger partial charge in [-0.1, -0.05) is 18.2 Å². The van der Waals surface area contributed by atoms with Crippen LogP contribution in [0.2, 0.25) is 0 Å². The molecule has 4 heteroatoms. The number of rotatable bonds is 6. The molecule has 0 aromatic heterocycles. The van der Waals surface area contributed by atoms with Gasteiger partial charge in [-0.25, -0.2) is 0 Å². The summed E-state index contributed by atoms with van der Waals surface area (Å²) in [4.78, 5) is 11.6. The molecule has 0 spiro atoms. The molecular weight excluding hydrogens is 240 g/mol. The average molecular weight is 260 g/mol. The lowest BCUT2D eigenvalue weighted by molar-refractivity contribution is -0.143. The summed E-state index contributed by atoms with van der Waals surface area (Å²) >= 11 is 0. The standard InChI is InChI=1S/C15H20N2O2/c1-15(2,11-16)8-5-9-19-14(18)10-12-6-3-4-7-13(12)17/h3-4,6-7H,5,8-10,17H2,1-2H3. The van der Waals surface area contributed by atoms with Crippen LogP contribution in [0.25, 0.3) is 0 Å². The largest absolute Gasteiger partial charge is 0.465 e. The zero-order valence-electron chi connectivity index (χ0n) is 11.5. The lowest BCUT2D eigenvalue weighted by Crippen LogP contribution is -2.13. The number of nitriles is 1. The van der Waals surface area contributed by atoms with Gasteiger partial charge in [0.2, 0.25) is 0 Å². The average Bonchev–Trinajstić information content (AvgIpc) is 2.38. The Kier molecular flexibility index (Phi) is 5.37. The van der Waals surface area contributed by atoms with Crippen molar-refractivity contribution in [3.8, 4) is 6.07 Å². The summed E-state index contributed by atoms with van der Waals surface area (Å²) < 4.78 is 5.14. The molecule has 0 amide bonds. The zero-order valence-corrected chi connectivity index (χ0v) is 11.5. The highest BCUT2D eigenvalue weighted by atomic mass is 16.5. The molecule has 0 unspecified atom stereocenters. The molecule has 1 aromatic rings. The monoisotopic (exact) mass is 260 g/mol. The Hall–Kier alpha value is -2.02. The third-order valence-corrected chi connectivity index (χ3v) is 2.90. The first-order valence-electron chi connectivity index (χ1n) is 6.35. The van der Waals surface area contributed by atoms with Crippen molar-refractivity contribution >= 4 is 11.7 Å². The SMILES string of the molecule is CC(C)(C#N)CCCOC(=O)Cc1ccccc1N. The van der Waals surface area contributed by atoms with Crippen LogP contribution in [0.4, 0.5) is 5.69 Å². The highest BCUT2D eigenvalue weighted by Gasteiger charge is 2.16. The van der Waals surface area contributed by atoms with Gasteiger partial charge in [0.25, 0.3) is 0 Å². The minimum absolute atomic E-state index is 0.189. The second-order valence-electron chi connectivity index (χ2n) is 5.20. The van der Waals surface area contributed by atoms with E-state index in [1.165, 1.54) is 0 Å². The first kappa shape index (κ1) is 15.0. The van der Waals surface area contributed by atoms with Crippen molar-refractivity contribution in [3.05, 3.63) is 29.8 Å². The number of nitrogens with zero attached hydrogens (tertiary/aromatic N) is 1. The Labute approximate surface area is 114 Å². The molecule has 0 aliphatic rings. The summed E-state index contributed by atoms with van der Waals surface area (Å²) in [6.45, 7) is 4.09. The van der Waals surface area contributed by atoms with E-state index in [1.807, 2.05) is 32.0 Å². The van der Waals surface area contributed by atoms with Crippen LogP contribution < -0.4 is 5.73 Å². The number of carbonyl (C=O) groups is 1. The molecule has 0 atom stereocenters. The minimum atomic E-state index is -0.365. The molecule has 0 radical (unpaired) electrons. The van der Waals surface area contributed by atoms with Gasteiger partial charge >= 0.3 is 5.97 Å². The second-order valence-corrected chi connectivity index (χ2v) is 5.20. The zero-order chi connectivity index (χ0) is 14.3. The van der Waals surface area contributed by atoms with Crippen LogP contribution in [0.1, 0.15) is 32.3 Å².